The summed E-state index contributed by atoms with van der Waals surface area (Å²) in [7, 11) is 0. The molecule has 0 bridgehead atoms. The third kappa shape index (κ3) is 4.81. The lowest BCUT2D eigenvalue weighted by Gasteiger charge is -2.23. The van der Waals surface area contributed by atoms with E-state index in [-0.39, 0.29) is 24.2 Å². The number of nitrogens with one attached hydrogen (secondary N) is 1. The third-order valence-corrected chi connectivity index (χ3v) is 4.90. The van der Waals surface area contributed by atoms with E-state index in [0.29, 0.717) is 13.1 Å². The van der Waals surface area contributed by atoms with Gasteiger partial charge in [0.05, 0.1) is 5.92 Å². The Kier molecular flexibility index (Phi) is 6.17. The zero-order valence-corrected chi connectivity index (χ0v) is 15.1. The van der Waals surface area contributed by atoms with Gasteiger partial charge in [-0.25, -0.2) is 0 Å². The molecule has 3 N–H and O–H groups in total. The van der Waals surface area contributed by atoms with Crippen LogP contribution < -0.4 is 11.1 Å². The van der Waals surface area contributed by atoms with Crippen molar-refractivity contribution in [3.05, 3.63) is 35.4 Å². The molecule has 1 saturated heterocycles. The Bertz CT molecular complexity index is 642. The molecule has 1 aromatic rings. The molecule has 3 amide bonds. The van der Waals surface area contributed by atoms with Crippen molar-refractivity contribution in [3.8, 4) is 0 Å². The molecule has 3 atom stereocenters. The Morgan fingerprint density at radius 1 is 1.32 bits per heavy atom. The standard InChI is InChI=1S/C19H27N3O3/c1-4-13(3)17(18(20)24)21-19(25)15-9-16(23)22(11-15)10-14-7-5-12(2)6-8-14/h5-8,13,15,17H,4,9-11H2,1-3H3,(H2,20,24)(H,21,25). The minimum atomic E-state index is -0.696. The lowest BCUT2D eigenvalue weighted by Crippen LogP contribution is -2.50. The molecule has 0 saturated carbocycles. The normalized spacial score (nSPS) is 19.6. The molecule has 2 rings (SSSR count). The summed E-state index contributed by atoms with van der Waals surface area (Å²) in [6, 6.07) is 7.29. The first-order chi connectivity index (χ1) is 11.8. The molecule has 136 valence electrons. The predicted octanol–water partition coefficient (Wildman–Crippen LogP) is 1.36. The number of carbonyl (C=O) groups is 3. The van der Waals surface area contributed by atoms with Crippen molar-refractivity contribution in [3.63, 3.8) is 0 Å². The van der Waals surface area contributed by atoms with E-state index in [4.69, 9.17) is 5.73 Å². The van der Waals surface area contributed by atoms with Crippen LogP contribution >= 0.6 is 0 Å². The molecule has 0 spiro atoms. The van der Waals surface area contributed by atoms with Crippen LogP contribution in [0, 0.1) is 18.8 Å². The number of likely N-dealkylation sites (tertiary alicyclic amines) is 1. The number of nitrogens with zero attached hydrogens (tertiary/aromatic N) is 1. The molecule has 1 aromatic carbocycles. The number of nitrogens with two attached hydrogens (primary N) is 1. The average molecular weight is 345 g/mol. The van der Waals surface area contributed by atoms with Crippen LogP contribution in [0.3, 0.4) is 0 Å². The molecule has 1 aliphatic heterocycles. The van der Waals surface area contributed by atoms with Gasteiger partial charge in [-0.3, -0.25) is 14.4 Å². The van der Waals surface area contributed by atoms with E-state index in [9.17, 15) is 14.4 Å². The van der Waals surface area contributed by atoms with Crippen molar-refractivity contribution in [2.75, 3.05) is 6.54 Å². The average Bonchev–Trinajstić information content (AvgIpc) is 2.94. The van der Waals surface area contributed by atoms with E-state index in [1.165, 1.54) is 0 Å². The molecule has 1 aliphatic rings. The highest BCUT2D eigenvalue weighted by atomic mass is 16.2. The van der Waals surface area contributed by atoms with Crippen molar-refractivity contribution in [1.29, 1.82) is 0 Å². The number of amides is 3. The summed E-state index contributed by atoms with van der Waals surface area (Å²) in [5, 5.41) is 2.73. The molecule has 0 aliphatic carbocycles. The summed E-state index contributed by atoms with van der Waals surface area (Å²) >= 11 is 0. The van der Waals surface area contributed by atoms with E-state index in [1.807, 2.05) is 45.0 Å². The van der Waals surface area contributed by atoms with Gasteiger partial charge in [-0.1, -0.05) is 50.1 Å². The monoisotopic (exact) mass is 345 g/mol. The molecular weight excluding hydrogens is 318 g/mol. The maximum Gasteiger partial charge on any atom is 0.240 e. The first-order valence-corrected chi connectivity index (χ1v) is 8.74. The minimum Gasteiger partial charge on any atom is -0.368 e. The van der Waals surface area contributed by atoms with Crippen LogP contribution in [0.2, 0.25) is 0 Å². The first kappa shape index (κ1) is 19.0. The summed E-state index contributed by atoms with van der Waals surface area (Å²) < 4.78 is 0. The summed E-state index contributed by atoms with van der Waals surface area (Å²) in [6.07, 6.45) is 0.903. The van der Waals surface area contributed by atoms with Crippen molar-refractivity contribution in [2.24, 2.45) is 17.6 Å². The van der Waals surface area contributed by atoms with Gasteiger partial charge in [0.1, 0.15) is 6.04 Å². The van der Waals surface area contributed by atoms with E-state index in [0.717, 1.165) is 17.5 Å². The highest BCUT2D eigenvalue weighted by Crippen LogP contribution is 2.21. The van der Waals surface area contributed by atoms with Crippen LogP contribution in [-0.4, -0.2) is 35.2 Å². The predicted molar refractivity (Wildman–Crippen MR) is 95.3 cm³/mol. The second-order valence-electron chi connectivity index (χ2n) is 6.94. The van der Waals surface area contributed by atoms with E-state index < -0.39 is 17.9 Å². The number of benzene rings is 1. The molecule has 0 aromatic heterocycles. The van der Waals surface area contributed by atoms with Gasteiger partial charge in [0.25, 0.3) is 0 Å². The topological polar surface area (TPSA) is 92.5 Å². The Morgan fingerprint density at radius 3 is 2.52 bits per heavy atom. The van der Waals surface area contributed by atoms with Gasteiger partial charge >= 0.3 is 0 Å². The van der Waals surface area contributed by atoms with Crippen LogP contribution in [-0.2, 0) is 20.9 Å². The van der Waals surface area contributed by atoms with Crippen LogP contribution in [0.5, 0.6) is 0 Å². The lowest BCUT2D eigenvalue weighted by molar-refractivity contribution is -0.131. The largest absolute Gasteiger partial charge is 0.368 e. The maximum atomic E-state index is 12.5. The molecule has 6 heteroatoms. The number of rotatable bonds is 7. The molecule has 3 unspecified atom stereocenters. The quantitative estimate of drug-likeness (QED) is 0.781. The smallest absolute Gasteiger partial charge is 0.240 e. The van der Waals surface area contributed by atoms with Crippen molar-refractivity contribution in [1.82, 2.24) is 10.2 Å². The maximum absolute atomic E-state index is 12.5. The third-order valence-electron chi connectivity index (χ3n) is 4.90. The molecule has 6 nitrogen and oxygen atoms in total. The van der Waals surface area contributed by atoms with Gasteiger partial charge in [-0.15, -0.1) is 0 Å². The van der Waals surface area contributed by atoms with Gasteiger partial charge in [-0.05, 0) is 18.4 Å². The molecule has 1 fully saturated rings. The highest BCUT2D eigenvalue weighted by Gasteiger charge is 2.36. The van der Waals surface area contributed by atoms with Gasteiger partial charge < -0.3 is 16.0 Å². The van der Waals surface area contributed by atoms with E-state index >= 15 is 0 Å². The van der Waals surface area contributed by atoms with Crippen molar-refractivity contribution < 1.29 is 14.4 Å². The summed E-state index contributed by atoms with van der Waals surface area (Å²) in [5.41, 5.74) is 7.60. The fourth-order valence-corrected chi connectivity index (χ4v) is 3.02. The number of primary amides is 1. The number of aryl methyl sites for hydroxylation is 1. The van der Waals surface area contributed by atoms with Gasteiger partial charge in [0.2, 0.25) is 17.7 Å². The zero-order valence-electron chi connectivity index (χ0n) is 15.1. The van der Waals surface area contributed by atoms with Gasteiger partial charge in [0.15, 0.2) is 0 Å². The van der Waals surface area contributed by atoms with Crippen LogP contribution in [0.15, 0.2) is 24.3 Å². The zero-order chi connectivity index (χ0) is 18.6. The second-order valence-corrected chi connectivity index (χ2v) is 6.94. The first-order valence-electron chi connectivity index (χ1n) is 8.74. The summed E-state index contributed by atoms with van der Waals surface area (Å²) in [4.78, 5) is 38.0. The Hall–Kier alpha value is -2.37. The molecule has 1 heterocycles. The molecular formula is C19H27N3O3. The lowest BCUT2D eigenvalue weighted by atomic mass is 9.97. The number of hydrogen-bond donors (Lipinski definition) is 2. The van der Waals surface area contributed by atoms with Gasteiger partial charge in [-0.2, -0.15) is 0 Å². The molecule has 25 heavy (non-hydrogen) atoms. The number of carbonyl (C=O) groups excluding carboxylic acids is 3. The number of hydrogen-bond acceptors (Lipinski definition) is 3. The molecule has 0 radical (unpaired) electrons. The SMILES string of the molecule is CCC(C)C(NC(=O)C1CC(=O)N(Cc2ccc(C)cc2)C1)C(N)=O. The van der Waals surface area contributed by atoms with Crippen molar-refractivity contribution >= 4 is 17.7 Å². The van der Waals surface area contributed by atoms with E-state index in [1.54, 1.807) is 4.90 Å². The van der Waals surface area contributed by atoms with E-state index in [2.05, 4.69) is 5.32 Å². The van der Waals surface area contributed by atoms with Crippen molar-refractivity contribution in [2.45, 2.75) is 46.2 Å². The summed E-state index contributed by atoms with van der Waals surface area (Å²) in [5.74, 6) is -1.33. The summed E-state index contributed by atoms with van der Waals surface area (Å²) in [6.45, 7) is 6.68. The highest BCUT2D eigenvalue weighted by molar-refractivity contribution is 5.92. The van der Waals surface area contributed by atoms with Crippen LogP contribution in [0.1, 0.15) is 37.8 Å². The minimum absolute atomic E-state index is 0.0396. The van der Waals surface area contributed by atoms with Gasteiger partial charge in [0, 0.05) is 19.5 Å². The second kappa shape index (κ2) is 8.14. The Morgan fingerprint density at radius 2 is 1.96 bits per heavy atom. The van der Waals surface area contributed by atoms with Crippen LogP contribution in [0.25, 0.3) is 0 Å². The Labute approximate surface area is 148 Å². The Balaban J connectivity index is 1.97. The fourth-order valence-electron chi connectivity index (χ4n) is 3.02. The van der Waals surface area contributed by atoms with Crippen LogP contribution in [0.4, 0.5) is 0 Å². The fraction of sp³-hybridized carbons (Fsp3) is 0.526.